The van der Waals surface area contributed by atoms with Crippen LogP contribution in [0.25, 0.3) is 0 Å². The third kappa shape index (κ3) is 4.03. The summed E-state index contributed by atoms with van der Waals surface area (Å²) in [7, 11) is 0. The summed E-state index contributed by atoms with van der Waals surface area (Å²) in [6.45, 7) is 2.35. The number of carbonyl (C=O) groups excluding carboxylic acids is 1. The summed E-state index contributed by atoms with van der Waals surface area (Å²) in [4.78, 5) is 13.8. The summed E-state index contributed by atoms with van der Waals surface area (Å²) in [6, 6.07) is 16.0. The van der Waals surface area contributed by atoms with Gasteiger partial charge in [-0.1, -0.05) is 0 Å². The summed E-state index contributed by atoms with van der Waals surface area (Å²) in [5, 5.41) is 11.6. The van der Waals surface area contributed by atoms with Crippen LogP contribution < -0.4 is 10.1 Å². The highest BCUT2D eigenvalue weighted by Crippen LogP contribution is 2.23. The lowest BCUT2D eigenvalue weighted by molar-refractivity contribution is 0.0564. The van der Waals surface area contributed by atoms with Crippen LogP contribution in [0.5, 0.6) is 11.5 Å². The van der Waals surface area contributed by atoms with Gasteiger partial charge in [0.2, 0.25) is 0 Å². The molecule has 0 unspecified atom stereocenters. The Hall–Kier alpha value is -3.04. The second kappa shape index (κ2) is 7.49. The quantitative estimate of drug-likeness (QED) is 0.941. The first kappa shape index (κ1) is 15.8. The first-order valence-corrected chi connectivity index (χ1v) is 7.66. The molecule has 2 amide bonds. The molecule has 0 aromatic heterocycles. The SMILES string of the molecule is N#Cc1ccc(Oc2ccc(NC(=O)N3CCOCC3)cc2)cc1. The molecule has 1 aliphatic rings. The molecular weight excluding hydrogens is 306 g/mol. The van der Waals surface area contributed by atoms with Gasteiger partial charge in [0.05, 0.1) is 24.8 Å². The van der Waals surface area contributed by atoms with Gasteiger partial charge in [-0.3, -0.25) is 0 Å². The topological polar surface area (TPSA) is 74.6 Å². The third-order valence-corrected chi connectivity index (χ3v) is 3.62. The van der Waals surface area contributed by atoms with Gasteiger partial charge in [0.1, 0.15) is 11.5 Å². The third-order valence-electron chi connectivity index (χ3n) is 3.62. The van der Waals surface area contributed by atoms with Gasteiger partial charge in [0.15, 0.2) is 0 Å². The number of carbonyl (C=O) groups is 1. The molecule has 1 heterocycles. The summed E-state index contributed by atoms with van der Waals surface area (Å²) in [5.74, 6) is 1.31. The summed E-state index contributed by atoms with van der Waals surface area (Å²) in [6.07, 6.45) is 0. The number of hydrogen-bond acceptors (Lipinski definition) is 4. The van der Waals surface area contributed by atoms with Gasteiger partial charge in [-0.2, -0.15) is 5.26 Å². The maximum absolute atomic E-state index is 12.1. The van der Waals surface area contributed by atoms with E-state index in [1.165, 1.54) is 0 Å². The largest absolute Gasteiger partial charge is 0.457 e. The van der Waals surface area contributed by atoms with E-state index in [0.29, 0.717) is 49.1 Å². The van der Waals surface area contributed by atoms with Gasteiger partial charge < -0.3 is 19.7 Å². The number of nitrogens with zero attached hydrogens (tertiary/aromatic N) is 2. The molecule has 6 heteroatoms. The lowest BCUT2D eigenvalue weighted by Gasteiger charge is -2.26. The molecule has 0 saturated carbocycles. The first-order chi connectivity index (χ1) is 11.7. The molecule has 0 aliphatic carbocycles. The summed E-state index contributed by atoms with van der Waals surface area (Å²) >= 11 is 0. The van der Waals surface area contributed by atoms with Gasteiger partial charge >= 0.3 is 6.03 Å². The Bertz CT molecular complexity index is 730. The van der Waals surface area contributed by atoms with E-state index in [2.05, 4.69) is 11.4 Å². The molecular formula is C18H17N3O3. The minimum absolute atomic E-state index is 0.126. The van der Waals surface area contributed by atoms with E-state index >= 15 is 0 Å². The number of benzene rings is 2. The van der Waals surface area contributed by atoms with Crippen molar-refractivity contribution in [1.82, 2.24) is 4.90 Å². The summed E-state index contributed by atoms with van der Waals surface area (Å²) in [5.41, 5.74) is 1.29. The Morgan fingerprint density at radius 3 is 2.21 bits per heavy atom. The number of morpholine rings is 1. The Kier molecular flexibility index (Phi) is 4.94. The monoisotopic (exact) mass is 323 g/mol. The maximum Gasteiger partial charge on any atom is 0.321 e. The van der Waals surface area contributed by atoms with Crippen molar-refractivity contribution in [3.05, 3.63) is 54.1 Å². The minimum atomic E-state index is -0.126. The first-order valence-electron chi connectivity index (χ1n) is 7.66. The molecule has 0 spiro atoms. The molecule has 6 nitrogen and oxygen atoms in total. The van der Waals surface area contributed by atoms with Crippen molar-refractivity contribution in [2.75, 3.05) is 31.6 Å². The lowest BCUT2D eigenvalue weighted by atomic mass is 10.2. The van der Waals surface area contributed by atoms with E-state index in [9.17, 15) is 4.79 Å². The van der Waals surface area contributed by atoms with Gasteiger partial charge in [0, 0.05) is 18.8 Å². The van der Waals surface area contributed by atoms with Crippen molar-refractivity contribution in [2.24, 2.45) is 0 Å². The van der Waals surface area contributed by atoms with Crippen LogP contribution in [0.15, 0.2) is 48.5 Å². The van der Waals surface area contributed by atoms with Gasteiger partial charge in [-0.15, -0.1) is 0 Å². The van der Waals surface area contributed by atoms with Gasteiger partial charge in [-0.05, 0) is 48.5 Å². The highest BCUT2D eigenvalue weighted by Gasteiger charge is 2.16. The molecule has 0 radical (unpaired) electrons. The molecule has 1 N–H and O–H groups in total. The van der Waals surface area contributed by atoms with Crippen LogP contribution in [-0.4, -0.2) is 37.2 Å². The van der Waals surface area contributed by atoms with Crippen molar-refractivity contribution in [2.45, 2.75) is 0 Å². The van der Waals surface area contributed by atoms with Gasteiger partial charge in [-0.25, -0.2) is 4.79 Å². The number of rotatable bonds is 3. The van der Waals surface area contributed by atoms with Crippen LogP contribution in [-0.2, 0) is 4.74 Å². The molecule has 0 atom stereocenters. The van der Waals surface area contributed by atoms with Crippen molar-refractivity contribution < 1.29 is 14.3 Å². The number of urea groups is 1. The maximum atomic E-state index is 12.1. The number of hydrogen-bond donors (Lipinski definition) is 1. The Morgan fingerprint density at radius 1 is 1.04 bits per heavy atom. The van der Waals surface area contributed by atoms with E-state index in [1.54, 1.807) is 53.4 Å². The average Bonchev–Trinajstić information content (AvgIpc) is 2.65. The Balaban J connectivity index is 1.58. The molecule has 1 fully saturated rings. The molecule has 0 bridgehead atoms. The highest BCUT2D eigenvalue weighted by atomic mass is 16.5. The molecule has 2 aromatic carbocycles. The van der Waals surface area contributed by atoms with Crippen LogP contribution in [0.1, 0.15) is 5.56 Å². The standard InChI is InChI=1S/C18H17N3O3/c19-13-14-1-5-16(6-2-14)24-17-7-3-15(4-8-17)20-18(22)21-9-11-23-12-10-21/h1-8H,9-12H2,(H,20,22). The molecule has 24 heavy (non-hydrogen) atoms. The van der Waals surface area contributed by atoms with E-state index in [1.807, 2.05) is 0 Å². The van der Waals surface area contributed by atoms with E-state index < -0.39 is 0 Å². The number of nitriles is 1. The minimum Gasteiger partial charge on any atom is -0.457 e. The van der Waals surface area contributed by atoms with Crippen LogP contribution in [0, 0.1) is 11.3 Å². The van der Waals surface area contributed by atoms with Crippen LogP contribution in [0.3, 0.4) is 0 Å². The lowest BCUT2D eigenvalue weighted by Crippen LogP contribution is -2.43. The van der Waals surface area contributed by atoms with Crippen molar-refractivity contribution >= 4 is 11.7 Å². The molecule has 3 rings (SSSR count). The summed E-state index contributed by atoms with van der Waals surface area (Å²) < 4.78 is 10.9. The predicted octanol–water partition coefficient (Wildman–Crippen LogP) is 3.21. The Labute approximate surface area is 140 Å². The highest BCUT2D eigenvalue weighted by molar-refractivity contribution is 5.89. The van der Waals surface area contributed by atoms with Crippen molar-refractivity contribution in [1.29, 1.82) is 5.26 Å². The zero-order chi connectivity index (χ0) is 16.8. The average molecular weight is 323 g/mol. The van der Waals surface area contributed by atoms with E-state index in [-0.39, 0.29) is 6.03 Å². The molecule has 122 valence electrons. The smallest absolute Gasteiger partial charge is 0.321 e. The fourth-order valence-electron chi connectivity index (χ4n) is 2.31. The number of amides is 2. The number of nitrogens with one attached hydrogen (secondary N) is 1. The normalized spacial score (nSPS) is 13.9. The predicted molar refractivity (Wildman–Crippen MR) is 89.1 cm³/mol. The Morgan fingerprint density at radius 2 is 1.62 bits per heavy atom. The van der Waals surface area contributed by atoms with Crippen molar-refractivity contribution in [3.8, 4) is 17.6 Å². The van der Waals surface area contributed by atoms with E-state index in [4.69, 9.17) is 14.7 Å². The van der Waals surface area contributed by atoms with Crippen LogP contribution in [0.4, 0.5) is 10.5 Å². The molecule has 1 aliphatic heterocycles. The van der Waals surface area contributed by atoms with Crippen LogP contribution >= 0.6 is 0 Å². The zero-order valence-electron chi connectivity index (χ0n) is 13.1. The second-order valence-corrected chi connectivity index (χ2v) is 5.29. The fourth-order valence-corrected chi connectivity index (χ4v) is 2.31. The molecule has 2 aromatic rings. The van der Waals surface area contributed by atoms with Crippen LogP contribution in [0.2, 0.25) is 0 Å². The van der Waals surface area contributed by atoms with Gasteiger partial charge in [0.25, 0.3) is 0 Å². The van der Waals surface area contributed by atoms with E-state index in [0.717, 1.165) is 0 Å². The fraction of sp³-hybridized carbons (Fsp3) is 0.222. The zero-order valence-corrected chi connectivity index (χ0v) is 13.1. The second-order valence-electron chi connectivity index (χ2n) is 5.29. The molecule has 1 saturated heterocycles. The van der Waals surface area contributed by atoms with Crippen molar-refractivity contribution in [3.63, 3.8) is 0 Å². The number of anilines is 1. The number of ether oxygens (including phenoxy) is 2.